The van der Waals surface area contributed by atoms with Crippen molar-refractivity contribution in [3.8, 4) is 0 Å². The topological polar surface area (TPSA) is 12.0 Å². The van der Waals surface area contributed by atoms with E-state index in [2.05, 4.69) is 44.3 Å². The van der Waals surface area contributed by atoms with Gasteiger partial charge in [0.2, 0.25) is 0 Å². The largest absolute Gasteiger partial charge is 0.307 e. The van der Waals surface area contributed by atoms with Gasteiger partial charge in [-0.2, -0.15) is 0 Å². The van der Waals surface area contributed by atoms with Gasteiger partial charge in [0.1, 0.15) is 5.82 Å². The third-order valence-electron chi connectivity index (χ3n) is 3.67. The molecule has 0 aliphatic heterocycles. The Balaban J connectivity index is 2.47. The van der Waals surface area contributed by atoms with Gasteiger partial charge < -0.3 is 5.32 Å². The van der Waals surface area contributed by atoms with Crippen LogP contribution in [0.15, 0.2) is 36.4 Å². The smallest absolute Gasteiger partial charge is 0.126 e. The van der Waals surface area contributed by atoms with E-state index in [1.54, 1.807) is 13.0 Å². The highest BCUT2D eigenvalue weighted by Crippen LogP contribution is 2.26. The van der Waals surface area contributed by atoms with Crippen LogP contribution in [-0.4, -0.2) is 6.54 Å². The molecule has 1 N–H and O–H groups in total. The fourth-order valence-electron chi connectivity index (χ4n) is 2.55. The van der Waals surface area contributed by atoms with E-state index >= 15 is 0 Å². The van der Waals surface area contributed by atoms with Gasteiger partial charge in [0.15, 0.2) is 0 Å². The van der Waals surface area contributed by atoms with E-state index in [9.17, 15) is 4.39 Å². The molecule has 0 spiro atoms. The second-order valence-electron chi connectivity index (χ2n) is 5.36. The van der Waals surface area contributed by atoms with Gasteiger partial charge in [0, 0.05) is 0 Å². The SMILES string of the molecule is CCNC(c1ccc(C)c(F)c1)c1ccc(C)cc1C. The van der Waals surface area contributed by atoms with Crippen molar-refractivity contribution in [1.82, 2.24) is 5.32 Å². The van der Waals surface area contributed by atoms with Crippen LogP contribution in [0.5, 0.6) is 0 Å². The molecule has 0 aliphatic carbocycles. The molecule has 0 fully saturated rings. The van der Waals surface area contributed by atoms with Crippen molar-refractivity contribution in [2.45, 2.75) is 33.7 Å². The summed E-state index contributed by atoms with van der Waals surface area (Å²) in [5.74, 6) is -0.143. The molecule has 2 aromatic carbocycles. The fraction of sp³-hybridized carbons (Fsp3) is 0.333. The quantitative estimate of drug-likeness (QED) is 0.866. The molecule has 0 aliphatic rings. The normalized spacial score (nSPS) is 12.4. The van der Waals surface area contributed by atoms with E-state index in [1.165, 1.54) is 16.7 Å². The number of hydrogen-bond donors (Lipinski definition) is 1. The van der Waals surface area contributed by atoms with Crippen LogP contribution in [0.4, 0.5) is 4.39 Å². The van der Waals surface area contributed by atoms with Crippen molar-refractivity contribution in [2.75, 3.05) is 6.54 Å². The van der Waals surface area contributed by atoms with Gasteiger partial charge in [-0.15, -0.1) is 0 Å². The van der Waals surface area contributed by atoms with Gasteiger partial charge in [0.05, 0.1) is 6.04 Å². The van der Waals surface area contributed by atoms with Crippen LogP contribution >= 0.6 is 0 Å². The number of nitrogens with one attached hydrogen (secondary N) is 1. The lowest BCUT2D eigenvalue weighted by Gasteiger charge is -2.21. The predicted octanol–water partition coefficient (Wildman–Crippen LogP) is 4.45. The number of hydrogen-bond acceptors (Lipinski definition) is 1. The maximum Gasteiger partial charge on any atom is 0.126 e. The van der Waals surface area contributed by atoms with E-state index in [0.29, 0.717) is 5.56 Å². The van der Waals surface area contributed by atoms with Gasteiger partial charge in [-0.05, 0) is 55.6 Å². The molecule has 20 heavy (non-hydrogen) atoms. The third-order valence-corrected chi connectivity index (χ3v) is 3.67. The predicted molar refractivity (Wildman–Crippen MR) is 82.6 cm³/mol. The Morgan fingerprint density at radius 1 is 1.00 bits per heavy atom. The van der Waals surface area contributed by atoms with Crippen molar-refractivity contribution in [3.05, 3.63) is 70.0 Å². The average Bonchev–Trinajstić information content (AvgIpc) is 2.40. The first-order chi connectivity index (χ1) is 9.52. The molecule has 106 valence electrons. The first kappa shape index (κ1) is 14.7. The summed E-state index contributed by atoms with van der Waals surface area (Å²) in [7, 11) is 0. The number of rotatable bonds is 4. The maximum absolute atomic E-state index is 13.8. The molecule has 2 aromatic rings. The summed E-state index contributed by atoms with van der Waals surface area (Å²) in [6.07, 6.45) is 0. The molecule has 1 nitrogen and oxygen atoms in total. The van der Waals surface area contributed by atoms with E-state index in [1.807, 2.05) is 12.1 Å². The van der Waals surface area contributed by atoms with Crippen LogP contribution in [0, 0.1) is 26.6 Å². The van der Waals surface area contributed by atoms with E-state index in [4.69, 9.17) is 0 Å². The van der Waals surface area contributed by atoms with Gasteiger partial charge >= 0.3 is 0 Å². The van der Waals surface area contributed by atoms with E-state index < -0.39 is 0 Å². The van der Waals surface area contributed by atoms with Crippen molar-refractivity contribution in [3.63, 3.8) is 0 Å². The number of aryl methyl sites for hydroxylation is 3. The minimum Gasteiger partial charge on any atom is -0.307 e. The Kier molecular flexibility index (Phi) is 4.56. The van der Waals surface area contributed by atoms with Gasteiger partial charge in [-0.25, -0.2) is 4.39 Å². The number of halogens is 1. The highest BCUT2D eigenvalue weighted by molar-refractivity contribution is 5.39. The molecule has 2 rings (SSSR count). The zero-order valence-corrected chi connectivity index (χ0v) is 12.6. The summed E-state index contributed by atoms with van der Waals surface area (Å²) in [6, 6.07) is 11.9. The molecule has 0 radical (unpaired) electrons. The highest BCUT2D eigenvalue weighted by Gasteiger charge is 2.16. The van der Waals surface area contributed by atoms with Gasteiger partial charge in [-0.1, -0.05) is 42.8 Å². The maximum atomic E-state index is 13.8. The molecule has 0 saturated carbocycles. The Morgan fingerprint density at radius 3 is 2.35 bits per heavy atom. The minimum atomic E-state index is -0.143. The zero-order chi connectivity index (χ0) is 14.7. The lowest BCUT2D eigenvalue weighted by atomic mass is 9.93. The fourth-order valence-corrected chi connectivity index (χ4v) is 2.55. The zero-order valence-electron chi connectivity index (χ0n) is 12.6. The first-order valence-corrected chi connectivity index (χ1v) is 7.09. The van der Waals surface area contributed by atoms with Crippen molar-refractivity contribution in [2.24, 2.45) is 0 Å². The van der Waals surface area contributed by atoms with Gasteiger partial charge in [0.25, 0.3) is 0 Å². The molecule has 0 heterocycles. The van der Waals surface area contributed by atoms with Crippen LogP contribution in [0.25, 0.3) is 0 Å². The van der Waals surface area contributed by atoms with Crippen molar-refractivity contribution in [1.29, 1.82) is 0 Å². The second-order valence-corrected chi connectivity index (χ2v) is 5.36. The van der Waals surface area contributed by atoms with Crippen molar-refractivity contribution < 1.29 is 4.39 Å². The van der Waals surface area contributed by atoms with Crippen LogP contribution in [0.2, 0.25) is 0 Å². The lowest BCUT2D eigenvalue weighted by molar-refractivity contribution is 0.596. The monoisotopic (exact) mass is 271 g/mol. The van der Waals surface area contributed by atoms with Crippen LogP contribution in [0.1, 0.15) is 40.8 Å². The molecule has 0 aromatic heterocycles. The molecule has 0 bridgehead atoms. The molecule has 0 saturated heterocycles. The first-order valence-electron chi connectivity index (χ1n) is 7.09. The Labute approximate surface area is 120 Å². The Bertz CT molecular complexity index is 604. The summed E-state index contributed by atoms with van der Waals surface area (Å²) in [6.45, 7) is 8.90. The summed E-state index contributed by atoms with van der Waals surface area (Å²) >= 11 is 0. The van der Waals surface area contributed by atoms with Crippen LogP contribution in [0.3, 0.4) is 0 Å². The summed E-state index contributed by atoms with van der Waals surface area (Å²) < 4.78 is 13.8. The van der Waals surface area contributed by atoms with Gasteiger partial charge in [-0.3, -0.25) is 0 Å². The molecule has 0 amide bonds. The van der Waals surface area contributed by atoms with Crippen molar-refractivity contribution >= 4 is 0 Å². The molecular weight excluding hydrogens is 249 g/mol. The highest BCUT2D eigenvalue weighted by atomic mass is 19.1. The Hall–Kier alpha value is -1.67. The standard InChI is InChI=1S/C18H22FN/c1-5-20-18(15-8-7-13(3)17(19)11-15)16-9-6-12(2)10-14(16)4/h6-11,18,20H,5H2,1-4H3. The number of benzene rings is 2. The van der Waals surface area contributed by atoms with Crippen LogP contribution < -0.4 is 5.32 Å². The van der Waals surface area contributed by atoms with Crippen LogP contribution in [-0.2, 0) is 0 Å². The average molecular weight is 271 g/mol. The summed E-state index contributed by atoms with van der Waals surface area (Å²) in [4.78, 5) is 0. The minimum absolute atomic E-state index is 0.0377. The lowest BCUT2D eigenvalue weighted by Crippen LogP contribution is -2.23. The van der Waals surface area contributed by atoms with E-state index in [0.717, 1.165) is 12.1 Å². The summed E-state index contributed by atoms with van der Waals surface area (Å²) in [5, 5.41) is 3.46. The third kappa shape index (κ3) is 3.07. The van der Waals surface area contributed by atoms with E-state index in [-0.39, 0.29) is 11.9 Å². The Morgan fingerprint density at radius 2 is 1.75 bits per heavy atom. The molecule has 2 heteroatoms. The second kappa shape index (κ2) is 6.19. The summed E-state index contributed by atoms with van der Waals surface area (Å²) in [5.41, 5.74) is 5.35. The molecule has 1 atom stereocenters. The molecular formula is C18H22FN. The molecule has 1 unspecified atom stereocenters.